The van der Waals surface area contributed by atoms with E-state index < -0.39 is 17.2 Å². The highest BCUT2D eigenvalue weighted by Gasteiger charge is 2.21. The third kappa shape index (κ3) is 6.26. The minimum absolute atomic E-state index is 0.0747. The molecule has 3 heterocycles. The van der Waals surface area contributed by atoms with Crippen LogP contribution in [0.1, 0.15) is 28.8 Å². The van der Waals surface area contributed by atoms with Crippen molar-refractivity contribution >= 4 is 40.7 Å². The zero-order valence-corrected chi connectivity index (χ0v) is 25.8. The molecule has 1 saturated heterocycles. The number of halogens is 2. The van der Waals surface area contributed by atoms with E-state index in [9.17, 15) is 19.2 Å². The lowest BCUT2D eigenvalue weighted by molar-refractivity contribution is -0.119. The zero-order valence-electron chi connectivity index (χ0n) is 24.2. The lowest BCUT2D eigenvalue weighted by Crippen LogP contribution is -2.40. The Bertz CT molecular complexity index is 1890. The van der Waals surface area contributed by atoms with Gasteiger partial charge in [-0.05, 0) is 12.5 Å². The number of methoxy groups -OCH3 is 1. The number of rotatable bonds is 9. The maximum Gasteiger partial charge on any atom is 0.330 e. The van der Waals surface area contributed by atoms with Crippen LogP contribution in [0.2, 0.25) is 10.0 Å². The number of ether oxygens (including phenoxy) is 1. The third-order valence-corrected chi connectivity index (χ3v) is 8.27. The van der Waals surface area contributed by atoms with Crippen molar-refractivity contribution in [2.45, 2.75) is 25.4 Å². The molecule has 2 amide bonds. The van der Waals surface area contributed by atoms with E-state index in [0.29, 0.717) is 52.7 Å². The number of carbonyl (C=O) groups excluding carboxylic acids is 2. The molecular weight excluding hydrogens is 607 g/mol. The molecular formula is C31H30Cl2N6O5. The van der Waals surface area contributed by atoms with Gasteiger partial charge in [-0.1, -0.05) is 53.5 Å². The summed E-state index contributed by atoms with van der Waals surface area (Å²) >= 11 is 13.7. The number of carbonyl (C=O) groups is 2. The van der Waals surface area contributed by atoms with Crippen LogP contribution < -0.4 is 31.9 Å². The van der Waals surface area contributed by atoms with Gasteiger partial charge in [0.2, 0.25) is 5.91 Å². The number of benzene rings is 2. The molecule has 3 N–H and O–H groups in total. The predicted molar refractivity (Wildman–Crippen MR) is 169 cm³/mol. The van der Waals surface area contributed by atoms with Gasteiger partial charge in [-0.3, -0.25) is 23.9 Å². The second-order valence-corrected chi connectivity index (χ2v) is 11.2. The van der Waals surface area contributed by atoms with E-state index in [1.54, 1.807) is 37.6 Å². The van der Waals surface area contributed by atoms with Crippen LogP contribution in [0.25, 0.3) is 22.4 Å². The van der Waals surface area contributed by atoms with Gasteiger partial charge in [0.05, 0.1) is 28.5 Å². The fourth-order valence-corrected chi connectivity index (χ4v) is 5.67. The van der Waals surface area contributed by atoms with E-state index in [1.807, 2.05) is 18.2 Å². The third-order valence-electron chi connectivity index (χ3n) is 7.46. The molecule has 2 aromatic carbocycles. The molecule has 1 aliphatic heterocycles. The van der Waals surface area contributed by atoms with Crippen LogP contribution in [-0.4, -0.2) is 45.6 Å². The van der Waals surface area contributed by atoms with Crippen molar-refractivity contribution in [3.8, 4) is 28.1 Å². The normalized spacial score (nSPS) is 14.4. The summed E-state index contributed by atoms with van der Waals surface area (Å²) in [6.07, 6.45) is 4.28. The van der Waals surface area contributed by atoms with Gasteiger partial charge in [0.15, 0.2) is 0 Å². The van der Waals surface area contributed by atoms with Crippen LogP contribution in [-0.2, 0) is 25.4 Å². The van der Waals surface area contributed by atoms with Gasteiger partial charge in [-0.2, -0.15) is 0 Å². The SMILES string of the molecule is COc1cc(-c2cccc(-c3cccc(NC(=O)c4cn(C)c(=O)n(C)c4=O)c3Cl)c2Cl)ncc1CNC[C@@H]1CCC(=O)N1. The lowest BCUT2D eigenvalue weighted by atomic mass is 10.00. The molecule has 11 nitrogen and oxygen atoms in total. The fourth-order valence-electron chi connectivity index (χ4n) is 5.07. The van der Waals surface area contributed by atoms with Gasteiger partial charge in [0.25, 0.3) is 11.5 Å². The van der Waals surface area contributed by atoms with E-state index in [0.717, 1.165) is 21.1 Å². The highest BCUT2D eigenvalue weighted by atomic mass is 35.5. The van der Waals surface area contributed by atoms with Crippen molar-refractivity contribution < 1.29 is 14.3 Å². The average Bonchev–Trinajstić information content (AvgIpc) is 3.44. The first-order valence-corrected chi connectivity index (χ1v) is 14.5. The molecule has 0 aliphatic carbocycles. The fraction of sp³-hybridized carbons (Fsp3) is 0.258. The maximum absolute atomic E-state index is 13.0. The summed E-state index contributed by atoms with van der Waals surface area (Å²) in [6, 6.07) is 12.5. The molecule has 13 heteroatoms. The van der Waals surface area contributed by atoms with Crippen LogP contribution in [0.5, 0.6) is 5.75 Å². The van der Waals surface area contributed by atoms with Crippen LogP contribution in [0.3, 0.4) is 0 Å². The first-order valence-electron chi connectivity index (χ1n) is 13.8. The number of aromatic nitrogens is 3. The second kappa shape index (κ2) is 13.0. The zero-order chi connectivity index (χ0) is 31.5. The van der Waals surface area contributed by atoms with Crippen molar-refractivity contribution in [2.24, 2.45) is 14.1 Å². The number of nitrogens with zero attached hydrogens (tertiary/aromatic N) is 3. The van der Waals surface area contributed by atoms with E-state index in [4.69, 9.17) is 27.9 Å². The van der Waals surface area contributed by atoms with E-state index >= 15 is 0 Å². The summed E-state index contributed by atoms with van der Waals surface area (Å²) in [5.74, 6) is -0.00337. The van der Waals surface area contributed by atoms with Crippen LogP contribution >= 0.6 is 23.2 Å². The molecule has 44 heavy (non-hydrogen) atoms. The topological polar surface area (TPSA) is 136 Å². The number of amides is 2. The van der Waals surface area contributed by atoms with Crippen molar-refractivity contribution in [1.29, 1.82) is 0 Å². The van der Waals surface area contributed by atoms with Gasteiger partial charge >= 0.3 is 5.69 Å². The summed E-state index contributed by atoms with van der Waals surface area (Å²) in [5, 5.41) is 9.57. The quantitative estimate of drug-likeness (QED) is 0.254. The Morgan fingerprint density at radius 1 is 1.07 bits per heavy atom. The van der Waals surface area contributed by atoms with Crippen molar-refractivity contribution in [3.63, 3.8) is 0 Å². The summed E-state index contributed by atoms with van der Waals surface area (Å²) < 4.78 is 7.66. The maximum atomic E-state index is 13.0. The standard InChI is InChI=1S/C31H30Cl2N6O5/c1-38-16-22(30(42)39(2)31(38)43)29(41)37-23-9-5-7-20(28(23)33)19-6-4-8-21(27(19)32)24-12-25(44-3)17(14-35-24)13-34-15-18-10-11-26(40)36-18/h4-9,12,14,16,18,34H,10-11,13,15H2,1-3H3,(H,36,40)(H,37,41)/t18-/m0/s1. The van der Waals surface area contributed by atoms with Crippen LogP contribution in [0.15, 0.2) is 64.4 Å². The Morgan fingerprint density at radius 2 is 1.77 bits per heavy atom. The van der Waals surface area contributed by atoms with Gasteiger partial charge in [0, 0.05) is 80.4 Å². The minimum atomic E-state index is -0.722. The Kier molecular flexibility index (Phi) is 9.19. The molecule has 0 bridgehead atoms. The number of pyridine rings is 1. The summed E-state index contributed by atoms with van der Waals surface area (Å²) in [5.41, 5.74) is 2.04. The number of hydrogen-bond donors (Lipinski definition) is 3. The predicted octanol–water partition coefficient (Wildman–Crippen LogP) is 3.75. The monoisotopic (exact) mass is 636 g/mol. The van der Waals surface area contributed by atoms with Crippen molar-refractivity contribution in [1.82, 2.24) is 24.8 Å². The minimum Gasteiger partial charge on any atom is -0.496 e. The largest absolute Gasteiger partial charge is 0.496 e. The van der Waals surface area contributed by atoms with Crippen LogP contribution in [0.4, 0.5) is 5.69 Å². The average molecular weight is 638 g/mol. The van der Waals surface area contributed by atoms with Crippen molar-refractivity contribution in [2.75, 3.05) is 19.0 Å². The van der Waals surface area contributed by atoms with Gasteiger partial charge in [-0.15, -0.1) is 0 Å². The number of nitrogens with one attached hydrogen (secondary N) is 3. The van der Waals surface area contributed by atoms with E-state index in [1.165, 1.54) is 20.3 Å². The highest BCUT2D eigenvalue weighted by molar-refractivity contribution is 6.39. The highest BCUT2D eigenvalue weighted by Crippen LogP contribution is 2.41. The number of anilines is 1. The Balaban J connectivity index is 1.40. The lowest BCUT2D eigenvalue weighted by Gasteiger charge is -2.16. The molecule has 1 atom stereocenters. The van der Waals surface area contributed by atoms with Crippen molar-refractivity contribution in [3.05, 3.63) is 96.9 Å². The molecule has 1 fully saturated rings. The summed E-state index contributed by atoms with van der Waals surface area (Å²) in [7, 11) is 4.34. The second-order valence-electron chi connectivity index (χ2n) is 10.4. The molecule has 4 aromatic rings. The molecule has 5 rings (SSSR count). The first kappa shape index (κ1) is 31.0. The molecule has 1 aliphatic rings. The number of hydrogen-bond acceptors (Lipinski definition) is 7. The van der Waals surface area contributed by atoms with E-state index in [2.05, 4.69) is 20.9 Å². The van der Waals surface area contributed by atoms with E-state index in [-0.39, 0.29) is 28.2 Å². The Labute approximate surface area is 262 Å². The smallest absolute Gasteiger partial charge is 0.330 e. The molecule has 0 unspecified atom stereocenters. The summed E-state index contributed by atoms with van der Waals surface area (Å²) in [6.45, 7) is 1.16. The molecule has 0 spiro atoms. The summed E-state index contributed by atoms with van der Waals surface area (Å²) in [4.78, 5) is 53.7. The van der Waals surface area contributed by atoms with Gasteiger partial charge in [0.1, 0.15) is 11.3 Å². The molecule has 0 radical (unpaired) electrons. The molecule has 228 valence electrons. The van der Waals surface area contributed by atoms with Gasteiger partial charge in [-0.25, -0.2) is 4.79 Å². The van der Waals surface area contributed by atoms with Gasteiger partial charge < -0.3 is 25.3 Å². The Hall–Kier alpha value is -4.45. The number of aryl methyl sites for hydroxylation is 1. The first-order chi connectivity index (χ1) is 21.1. The molecule has 2 aromatic heterocycles. The molecule has 0 saturated carbocycles. The Morgan fingerprint density at radius 3 is 2.48 bits per heavy atom. The van der Waals surface area contributed by atoms with Crippen LogP contribution in [0, 0.1) is 0 Å².